The molecule has 0 saturated carbocycles. The number of hydrogen-bond donors (Lipinski definition) is 1. The maximum atomic E-state index is 13.1. The van der Waals surface area contributed by atoms with Crippen molar-refractivity contribution in [2.75, 3.05) is 5.32 Å². The van der Waals surface area contributed by atoms with Crippen LogP contribution in [0.25, 0.3) is 6.08 Å². The van der Waals surface area contributed by atoms with Crippen molar-refractivity contribution in [2.45, 2.75) is 15.5 Å². The molecular formula is C22H13Br4NO3S2. The molecule has 32 heavy (non-hydrogen) atoms. The summed E-state index contributed by atoms with van der Waals surface area (Å²) in [6, 6.07) is 16.0. The van der Waals surface area contributed by atoms with Gasteiger partial charge in [0, 0.05) is 22.8 Å². The van der Waals surface area contributed by atoms with Gasteiger partial charge < -0.3 is 5.32 Å². The Morgan fingerprint density at radius 1 is 0.906 bits per heavy atom. The third-order valence-corrected chi connectivity index (χ3v) is 10.1. The fraction of sp³-hybridized carbons (Fsp3) is 0.0455. The number of amides is 1. The van der Waals surface area contributed by atoms with Crippen LogP contribution in [0, 0.1) is 0 Å². The summed E-state index contributed by atoms with van der Waals surface area (Å²) in [7, 11) is -3.63. The standard InChI is InChI=1S/C22H13Br4NO3S2/c23-13-5-4-12(18(26)9-13)8-21-22(28)27-19-10-14(6-7-20(19)31-21)32(29,30)11-15-16(24)2-1-3-17(15)25/h1-10H,11H2,(H,27,28)/b21-8+. The molecule has 0 bridgehead atoms. The van der Waals surface area contributed by atoms with Gasteiger partial charge in [0.15, 0.2) is 9.84 Å². The number of carbonyl (C=O) groups is 1. The number of anilines is 1. The van der Waals surface area contributed by atoms with E-state index < -0.39 is 9.84 Å². The molecular weight excluding hydrogens is 710 g/mol. The monoisotopic (exact) mass is 719 g/mol. The summed E-state index contributed by atoms with van der Waals surface area (Å²) in [4.78, 5) is 14.2. The first-order valence-electron chi connectivity index (χ1n) is 9.10. The van der Waals surface area contributed by atoms with E-state index in [0.29, 0.717) is 25.1 Å². The molecule has 1 aliphatic rings. The molecule has 0 fully saturated rings. The van der Waals surface area contributed by atoms with Gasteiger partial charge in [-0.3, -0.25) is 4.79 Å². The second-order valence-corrected chi connectivity index (χ2v) is 13.4. The predicted octanol–water partition coefficient (Wildman–Crippen LogP) is 7.80. The van der Waals surface area contributed by atoms with Crippen LogP contribution in [-0.2, 0) is 20.4 Å². The summed E-state index contributed by atoms with van der Waals surface area (Å²) in [5, 5.41) is 2.82. The molecule has 0 saturated heterocycles. The molecule has 4 nitrogen and oxygen atoms in total. The summed E-state index contributed by atoms with van der Waals surface area (Å²) in [5.41, 5.74) is 2.00. The van der Waals surface area contributed by atoms with Crippen molar-refractivity contribution < 1.29 is 13.2 Å². The van der Waals surface area contributed by atoms with Crippen molar-refractivity contribution >= 4 is 103 Å². The number of benzene rings is 3. The summed E-state index contributed by atoms with van der Waals surface area (Å²) < 4.78 is 29.3. The topological polar surface area (TPSA) is 63.2 Å². The number of rotatable bonds is 4. The first kappa shape index (κ1) is 24.2. The highest BCUT2D eigenvalue weighted by molar-refractivity contribution is 9.11. The van der Waals surface area contributed by atoms with E-state index in [1.54, 1.807) is 30.3 Å². The highest BCUT2D eigenvalue weighted by atomic mass is 79.9. The van der Waals surface area contributed by atoms with E-state index >= 15 is 0 Å². The highest BCUT2D eigenvalue weighted by Crippen LogP contribution is 2.41. The quantitative estimate of drug-likeness (QED) is 0.280. The Morgan fingerprint density at radius 2 is 1.62 bits per heavy atom. The Bertz CT molecular complexity index is 1370. The average Bonchev–Trinajstić information content (AvgIpc) is 2.73. The van der Waals surface area contributed by atoms with Gasteiger partial charge >= 0.3 is 0 Å². The van der Waals surface area contributed by atoms with E-state index in [-0.39, 0.29) is 16.6 Å². The highest BCUT2D eigenvalue weighted by Gasteiger charge is 2.25. The lowest BCUT2D eigenvalue weighted by atomic mass is 10.2. The molecule has 3 aromatic rings. The van der Waals surface area contributed by atoms with Gasteiger partial charge in [-0.15, -0.1) is 0 Å². The third-order valence-electron chi connectivity index (χ3n) is 4.65. The van der Waals surface area contributed by atoms with E-state index in [1.165, 1.54) is 17.8 Å². The molecule has 0 atom stereocenters. The Hall–Kier alpha value is -0.910. The van der Waals surface area contributed by atoms with Crippen LogP contribution in [0.15, 0.2) is 87.2 Å². The van der Waals surface area contributed by atoms with Crippen LogP contribution in [0.4, 0.5) is 5.69 Å². The van der Waals surface area contributed by atoms with Gasteiger partial charge in [-0.25, -0.2) is 8.42 Å². The Morgan fingerprint density at radius 3 is 2.31 bits per heavy atom. The number of carbonyl (C=O) groups excluding carboxylic acids is 1. The summed E-state index contributed by atoms with van der Waals surface area (Å²) in [6.45, 7) is 0. The molecule has 0 radical (unpaired) electrons. The summed E-state index contributed by atoms with van der Waals surface area (Å²) >= 11 is 15.1. The lowest BCUT2D eigenvalue weighted by Crippen LogP contribution is -2.18. The van der Waals surface area contributed by atoms with Crippen molar-refractivity contribution in [3.05, 3.63) is 88.5 Å². The molecule has 4 rings (SSSR count). The van der Waals surface area contributed by atoms with E-state index in [0.717, 1.165) is 19.4 Å². The molecule has 10 heteroatoms. The van der Waals surface area contributed by atoms with Gasteiger partial charge in [-0.1, -0.05) is 87.6 Å². The molecule has 1 N–H and O–H groups in total. The normalized spacial score (nSPS) is 14.9. The predicted molar refractivity (Wildman–Crippen MR) is 143 cm³/mol. The van der Waals surface area contributed by atoms with E-state index in [1.807, 2.05) is 24.3 Å². The number of nitrogens with one attached hydrogen (secondary N) is 1. The van der Waals surface area contributed by atoms with Crippen LogP contribution in [0.3, 0.4) is 0 Å². The minimum Gasteiger partial charge on any atom is -0.320 e. The van der Waals surface area contributed by atoms with E-state index in [9.17, 15) is 13.2 Å². The zero-order chi connectivity index (χ0) is 23.0. The fourth-order valence-electron chi connectivity index (χ4n) is 3.04. The van der Waals surface area contributed by atoms with E-state index in [2.05, 4.69) is 69.0 Å². The van der Waals surface area contributed by atoms with Gasteiger partial charge in [0.05, 0.1) is 21.2 Å². The minimum atomic E-state index is -3.63. The molecule has 1 amide bonds. The van der Waals surface area contributed by atoms with Gasteiger partial charge in [0.1, 0.15) is 0 Å². The van der Waals surface area contributed by atoms with Crippen LogP contribution >= 0.6 is 75.5 Å². The summed E-state index contributed by atoms with van der Waals surface area (Å²) in [6.07, 6.45) is 1.80. The largest absolute Gasteiger partial charge is 0.320 e. The van der Waals surface area contributed by atoms with Crippen molar-refractivity contribution in [1.29, 1.82) is 0 Å². The fourth-order valence-corrected chi connectivity index (χ4v) is 8.20. The maximum Gasteiger partial charge on any atom is 0.262 e. The molecule has 0 aliphatic carbocycles. The van der Waals surface area contributed by atoms with Gasteiger partial charge in [-0.05, 0) is 59.7 Å². The molecule has 164 valence electrons. The number of thioether (sulfide) groups is 1. The number of sulfone groups is 1. The second kappa shape index (κ2) is 9.76. The lowest BCUT2D eigenvalue weighted by molar-refractivity contribution is -0.112. The lowest BCUT2D eigenvalue weighted by Gasteiger charge is -2.20. The van der Waals surface area contributed by atoms with Crippen molar-refractivity contribution in [3.63, 3.8) is 0 Å². The van der Waals surface area contributed by atoms with E-state index in [4.69, 9.17) is 0 Å². The first-order valence-corrected chi connectivity index (χ1v) is 14.7. The zero-order valence-corrected chi connectivity index (χ0v) is 24.0. The van der Waals surface area contributed by atoms with Gasteiger partial charge in [0.25, 0.3) is 5.91 Å². The van der Waals surface area contributed by atoms with Crippen LogP contribution in [0.5, 0.6) is 0 Å². The Balaban J connectivity index is 1.63. The Kier molecular flexibility index (Phi) is 7.38. The molecule has 0 spiro atoms. The molecule has 0 aromatic heterocycles. The Labute approximate surface area is 223 Å². The second-order valence-electron chi connectivity index (χ2n) is 6.85. The third kappa shape index (κ3) is 5.26. The number of hydrogen-bond acceptors (Lipinski definition) is 4. The zero-order valence-electron chi connectivity index (χ0n) is 16.0. The first-order chi connectivity index (χ1) is 15.1. The molecule has 3 aromatic carbocycles. The molecule has 0 unspecified atom stereocenters. The average molecular weight is 723 g/mol. The van der Waals surface area contributed by atoms with Crippen molar-refractivity contribution in [2.24, 2.45) is 0 Å². The maximum absolute atomic E-state index is 13.1. The molecule has 1 heterocycles. The van der Waals surface area contributed by atoms with Crippen molar-refractivity contribution in [3.8, 4) is 0 Å². The summed E-state index contributed by atoms with van der Waals surface area (Å²) in [5.74, 6) is -0.446. The minimum absolute atomic E-state index is 0.155. The van der Waals surface area contributed by atoms with Crippen LogP contribution in [0.1, 0.15) is 11.1 Å². The number of halogens is 4. The van der Waals surface area contributed by atoms with Crippen LogP contribution in [-0.4, -0.2) is 14.3 Å². The molecule has 1 aliphatic heterocycles. The van der Waals surface area contributed by atoms with Crippen molar-refractivity contribution in [1.82, 2.24) is 0 Å². The smallest absolute Gasteiger partial charge is 0.262 e. The number of fused-ring (bicyclic) bond motifs is 1. The SMILES string of the molecule is O=C1Nc2cc(S(=O)(=O)Cc3c(Br)cccc3Br)ccc2S/C1=C/c1ccc(Br)cc1Br. The van der Waals surface area contributed by atoms with Crippen LogP contribution in [0.2, 0.25) is 0 Å². The van der Waals surface area contributed by atoms with Crippen LogP contribution < -0.4 is 5.32 Å². The van der Waals surface area contributed by atoms with Gasteiger partial charge in [-0.2, -0.15) is 0 Å². The van der Waals surface area contributed by atoms with Gasteiger partial charge in [0.2, 0.25) is 0 Å².